The van der Waals surface area contributed by atoms with E-state index in [4.69, 9.17) is 11.6 Å². The molecule has 0 saturated heterocycles. The van der Waals surface area contributed by atoms with E-state index >= 15 is 0 Å². The number of imidazole rings is 1. The molecule has 0 aliphatic carbocycles. The van der Waals surface area contributed by atoms with Crippen molar-refractivity contribution in [1.29, 1.82) is 0 Å². The number of hydrogen-bond donors (Lipinski definition) is 1. The van der Waals surface area contributed by atoms with Gasteiger partial charge < -0.3 is 9.88 Å². The molecule has 0 atom stereocenters. The third-order valence-corrected chi connectivity index (χ3v) is 3.23. The fourth-order valence-corrected chi connectivity index (χ4v) is 1.62. The molecule has 2 rings (SSSR count). The molecule has 0 spiro atoms. The first-order valence-corrected chi connectivity index (χ1v) is 5.53. The topological polar surface area (TPSA) is 29.9 Å². The predicted molar refractivity (Wildman–Crippen MR) is 65.6 cm³/mol. The molecule has 0 fully saturated rings. The molecule has 0 unspecified atom stereocenters. The van der Waals surface area contributed by atoms with Gasteiger partial charge in [0.1, 0.15) is 0 Å². The minimum atomic E-state index is 0.675. The van der Waals surface area contributed by atoms with E-state index < -0.39 is 0 Å². The Labute approximate surface area is 101 Å². The Hall–Kier alpha value is -1.000. The van der Waals surface area contributed by atoms with Crippen LogP contribution in [-0.4, -0.2) is 9.55 Å². The predicted octanol–water partition coefficient (Wildman–Crippen LogP) is 3.58. The van der Waals surface area contributed by atoms with Gasteiger partial charge >= 0.3 is 0 Å². The summed E-state index contributed by atoms with van der Waals surface area (Å²) in [6, 6.07) is 5.68. The summed E-state index contributed by atoms with van der Waals surface area (Å²) in [6.07, 6.45) is 3.62. The van der Waals surface area contributed by atoms with E-state index in [-0.39, 0.29) is 0 Å². The zero-order chi connectivity index (χ0) is 10.8. The number of nitrogens with zero attached hydrogens (tertiary/aromatic N) is 2. The molecular weight excluding hydrogens is 277 g/mol. The molecule has 0 radical (unpaired) electrons. The maximum absolute atomic E-state index is 5.98. The van der Waals surface area contributed by atoms with Crippen molar-refractivity contribution in [2.45, 2.75) is 0 Å². The second-order valence-corrected chi connectivity index (χ2v) is 4.38. The molecule has 0 aliphatic rings. The van der Waals surface area contributed by atoms with Crippen LogP contribution in [0, 0.1) is 0 Å². The zero-order valence-electron chi connectivity index (χ0n) is 8.04. The van der Waals surface area contributed by atoms with Gasteiger partial charge in [0.05, 0.1) is 5.02 Å². The molecule has 1 aromatic carbocycles. The highest BCUT2D eigenvalue weighted by Gasteiger charge is 2.02. The zero-order valence-corrected chi connectivity index (χ0v) is 10.4. The number of hydrogen-bond acceptors (Lipinski definition) is 2. The van der Waals surface area contributed by atoms with Crippen LogP contribution in [0.4, 0.5) is 11.6 Å². The highest BCUT2D eigenvalue weighted by molar-refractivity contribution is 9.10. The van der Waals surface area contributed by atoms with Crippen molar-refractivity contribution < 1.29 is 0 Å². The van der Waals surface area contributed by atoms with Gasteiger partial charge in [-0.3, -0.25) is 0 Å². The van der Waals surface area contributed by atoms with E-state index in [1.165, 1.54) is 0 Å². The lowest BCUT2D eigenvalue weighted by Gasteiger charge is -2.06. The second-order valence-electron chi connectivity index (χ2n) is 3.12. The van der Waals surface area contributed by atoms with Gasteiger partial charge in [-0.05, 0) is 34.1 Å². The quantitative estimate of drug-likeness (QED) is 0.914. The van der Waals surface area contributed by atoms with Crippen LogP contribution in [0.25, 0.3) is 0 Å². The second kappa shape index (κ2) is 4.24. The fraction of sp³-hybridized carbons (Fsp3) is 0.100. The SMILES string of the molecule is Cn1ccnc1Nc1ccc(Br)c(Cl)c1. The molecule has 1 aromatic heterocycles. The Morgan fingerprint density at radius 3 is 2.87 bits per heavy atom. The first kappa shape index (κ1) is 10.5. The summed E-state index contributed by atoms with van der Waals surface area (Å²) in [5, 5.41) is 3.84. The molecule has 0 saturated carbocycles. The summed E-state index contributed by atoms with van der Waals surface area (Å²) < 4.78 is 2.78. The lowest BCUT2D eigenvalue weighted by Crippen LogP contribution is -1.98. The van der Waals surface area contributed by atoms with Crippen molar-refractivity contribution in [2.75, 3.05) is 5.32 Å². The van der Waals surface area contributed by atoms with Gasteiger partial charge in [0.25, 0.3) is 0 Å². The summed E-state index contributed by atoms with van der Waals surface area (Å²) in [4.78, 5) is 4.16. The van der Waals surface area contributed by atoms with Gasteiger partial charge in [-0.15, -0.1) is 0 Å². The minimum Gasteiger partial charge on any atom is -0.326 e. The first-order chi connectivity index (χ1) is 7.16. The minimum absolute atomic E-state index is 0.675. The molecule has 15 heavy (non-hydrogen) atoms. The van der Waals surface area contributed by atoms with Gasteiger partial charge in [0.15, 0.2) is 0 Å². The average Bonchev–Trinajstić information content (AvgIpc) is 2.59. The Morgan fingerprint density at radius 1 is 1.47 bits per heavy atom. The molecule has 78 valence electrons. The van der Waals surface area contributed by atoms with Crippen LogP contribution >= 0.6 is 27.5 Å². The van der Waals surface area contributed by atoms with Crippen molar-refractivity contribution in [3.63, 3.8) is 0 Å². The standard InChI is InChI=1S/C10H9BrClN3/c1-15-5-4-13-10(15)14-7-2-3-8(11)9(12)6-7/h2-6H,1H3,(H,13,14). The molecule has 2 aromatic rings. The molecule has 5 heteroatoms. The lowest BCUT2D eigenvalue weighted by molar-refractivity contribution is 0.924. The van der Waals surface area contributed by atoms with Gasteiger partial charge in [-0.25, -0.2) is 4.98 Å². The lowest BCUT2D eigenvalue weighted by atomic mass is 10.3. The van der Waals surface area contributed by atoms with Gasteiger partial charge in [-0.2, -0.15) is 0 Å². The number of anilines is 2. The highest BCUT2D eigenvalue weighted by atomic mass is 79.9. The third-order valence-electron chi connectivity index (χ3n) is 2.00. The molecule has 1 N–H and O–H groups in total. The maximum atomic E-state index is 5.98. The van der Waals surface area contributed by atoms with Crippen molar-refractivity contribution in [2.24, 2.45) is 7.05 Å². The van der Waals surface area contributed by atoms with E-state index in [0.29, 0.717) is 5.02 Å². The molecule has 0 bridgehead atoms. The fourth-order valence-electron chi connectivity index (χ4n) is 1.19. The Morgan fingerprint density at radius 2 is 2.27 bits per heavy atom. The number of rotatable bonds is 2. The summed E-state index contributed by atoms with van der Waals surface area (Å²) in [5.41, 5.74) is 0.914. The number of nitrogens with one attached hydrogen (secondary N) is 1. The molecule has 3 nitrogen and oxygen atoms in total. The summed E-state index contributed by atoms with van der Waals surface area (Å²) in [5.74, 6) is 0.786. The number of halogens is 2. The van der Waals surface area contributed by atoms with Crippen LogP contribution in [0.1, 0.15) is 0 Å². The van der Waals surface area contributed by atoms with Gasteiger partial charge in [0.2, 0.25) is 5.95 Å². The Balaban J connectivity index is 2.25. The average molecular weight is 287 g/mol. The van der Waals surface area contributed by atoms with E-state index in [2.05, 4.69) is 26.2 Å². The Bertz CT molecular complexity index is 481. The van der Waals surface area contributed by atoms with Crippen LogP contribution in [0.3, 0.4) is 0 Å². The van der Waals surface area contributed by atoms with E-state index in [1.54, 1.807) is 6.20 Å². The van der Waals surface area contributed by atoms with Crippen molar-refractivity contribution >= 4 is 39.2 Å². The van der Waals surface area contributed by atoms with Crippen molar-refractivity contribution in [1.82, 2.24) is 9.55 Å². The molecular formula is C10H9BrClN3. The number of benzene rings is 1. The van der Waals surface area contributed by atoms with Crippen molar-refractivity contribution in [3.8, 4) is 0 Å². The molecule has 0 aliphatic heterocycles. The largest absolute Gasteiger partial charge is 0.326 e. The number of aryl methyl sites for hydroxylation is 1. The van der Waals surface area contributed by atoms with E-state index in [9.17, 15) is 0 Å². The van der Waals surface area contributed by atoms with Crippen molar-refractivity contribution in [3.05, 3.63) is 40.1 Å². The van der Waals surface area contributed by atoms with Gasteiger partial charge in [0, 0.05) is 29.6 Å². The monoisotopic (exact) mass is 285 g/mol. The summed E-state index contributed by atoms with van der Waals surface area (Å²) >= 11 is 9.32. The smallest absolute Gasteiger partial charge is 0.207 e. The van der Waals surface area contributed by atoms with Crippen LogP contribution < -0.4 is 5.32 Å². The molecule has 1 heterocycles. The Kier molecular flexibility index (Phi) is 2.98. The number of aromatic nitrogens is 2. The summed E-state index contributed by atoms with van der Waals surface area (Å²) in [7, 11) is 1.93. The maximum Gasteiger partial charge on any atom is 0.207 e. The normalized spacial score (nSPS) is 10.3. The van der Waals surface area contributed by atoms with E-state index in [1.807, 2.05) is 36.0 Å². The van der Waals surface area contributed by atoms with Crippen LogP contribution in [-0.2, 0) is 7.05 Å². The molecule has 0 amide bonds. The highest BCUT2D eigenvalue weighted by Crippen LogP contribution is 2.26. The van der Waals surface area contributed by atoms with Crippen LogP contribution in [0.2, 0.25) is 5.02 Å². The van der Waals surface area contributed by atoms with Gasteiger partial charge in [-0.1, -0.05) is 11.6 Å². The van der Waals surface area contributed by atoms with Crippen LogP contribution in [0.15, 0.2) is 35.1 Å². The van der Waals surface area contributed by atoms with E-state index in [0.717, 1.165) is 16.1 Å². The first-order valence-electron chi connectivity index (χ1n) is 4.36. The third kappa shape index (κ3) is 2.33. The summed E-state index contributed by atoms with van der Waals surface area (Å²) in [6.45, 7) is 0. The van der Waals surface area contributed by atoms with Crippen LogP contribution in [0.5, 0.6) is 0 Å².